The zero-order chi connectivity index (χ0) is 22.1. The van der Waals surface area contributed by atoms with Gasteiger partial charge >= 0.3 is 0 Å². The Morgan fingerprint density at radius 2 is 1.72 bits per heavy atom. The van der Waals surface area contributed by atoms with Crippen molar-refractivity contribution >= 4 is 38.0 Å². The predicted molar refractivity (Wildman–Crippen MR) is 127 cm³/mol. The highest BCUT2D eigenvalue weighted by molar-refractivity contribution is 7.89. The summed E-state index contributed by atoms with van der Waals surface area (Å²) in [5.41, 5.74) is 0. The molecule has 0 aliphatic carbocycles. The van der Waals surface area contributed by atoms with Gasteiger partial charge in [0.2, 0.25) is 15.9 Å². The van der Waals surface area contributed by atoms with Crippen LogP contribution in [-0.2, 0) is 14.8 Å². The molecule has 1 amide bonds. The van der Waals surface area contributed by atoms with Gasteiger partial charge < -0.3 is 4.90 Å². The van der Waals surface area contributed by atoms with E-state index in [2.05, 4.69) is 22.4 Å². The second-order valence-electron chi connectivity index (χ2n) is 8.44. The third-order valence-electron chi connectivity index (χ3n) is 6.52. The largest absolute Gasteiger partial charge is 0.339 e. The summed E-state index contributed by atoms with van der Waals surface area (Å²) in [6.45, 7) is 2.86. The van der Waals surface area contributed by atoms with Gasteiger partial charge in [-0.1, -0.05) is 36.4 Å². The molecule has 0 N–H and O–H groups in total. The topological polar surface area (TPSA) is 60.9 Å². The van der Waals surface area contributed by atoms with Crippen LogP contribution in [0.15, 0.2) is 64.9 Å². The van der Waals surface area contributed by atoms with Crippen LogP contribution < -0.4 is 0 Å². The lowest BCUT2D eigenvalue weighted by Gasteiger charge is -2.35. The maximum absolute atomic E-state index is 13.2. The van der Waals surface area contributed by atoms with Crippen molar-refractivity contribution in [1.29, 1.82) is 0 Å². The van der Waals surface area contributed by atoms with Crippen molar-refractivity contribution in [3.05, 3.63) is 64.9 Å². The van der Waals surface area contributed by atoms with Gasteiger partial charge in [0.05, 0.1) is 11.4 Å². The average Bonchev–Trinajstić information content (AvgIpc) is 3.51. The van der Waals surface area contributed by atoms with E-state index in [1.165, 1.54) is 9.18 Å². The Morgan fingerprint density at radius 3 is 2.47 bits per heavy atom. The van der Waals surface area contributed by atoms with E-state index in [1.807, 2.05) is 35.2 Å². The fraction of sp³-hybridized carbons (Fsp3) is 0.375. The first kappa shape index (κ1) is 21.6. The molecule has 0 saturated carbocycles. The summed E-state index contributed by atoms with van der Waals surface area (Å²) in [6.07, 6.45) is 2.19. The quantitative estimate of drug-likeness (QED) is 0.573. The number of carbonyl (C=O) groups is 1. The van der Waals surface area contributed by atoms with Crippen LogP contribution in [0.5, 0.6) is 0 Å². The van der Waals surface area contributed by atoms with E-state index in [1.54, 1.807) is 23.5 Å². The van der Waals surface area contributed by atoms with E-state index in [0.717, 1.165) is 30.2 Å². The Kier molecular flexibility index (Phi) is 6.03. The zero-order valence-electron chi connectivity index (χ0n) is 17.9. The van der Waals surface area contributed by atoms with Crippen LogP contribution >= 0.6 is 11.3 Å². The highest BCUT2D eigenvalue weighted by Gasteiger charge is 2.33. The molecule has 2 fully saturated rings. The molecule has 0 radical (unpaired) electrons. The lowest BCUT2D eigenvalue weighted by molar-refractivity contribution is -0.133. The first-order chi connectivity index (χ1) is 15.5. The highest BCUT2D eigenvalue weighted by atomic mass is 32.2. The highest BCUT2D eigenvalue weighted by Crippen LogP contribution is 2.34. The number of fused-ring (bicyclic) bond motifs is 1. The standard InChI is InChI=1S/C24H27N3O3S2/c28-24(18-26-11-3-7-22(26)23-8-4-16-31-23)25-12-14-27(15-13-25)32(29,30)21-10-9-19-5-1-2-6-20(19)17-21/h1-2,4-6,8-10,16-17,22H,3,7,11-15,18H2. The Labute approximate surface area is 193 Å². The van der Waals surface area contributed by atoms with Crippen molar-refractivity contribution < 1.29 is 13.2 Å². The fourth-order valence-electron chi connectivity index (χ4n) is 4.75. The number of amides is 1. The number of carbonyl (C=O) groups excluding carboxylic acids is 1. The number of hydrogen-bond donors (Lipinski definition) is 0. The van der Waals surface area contributed by atoms with Gasteiger partial charge in [-0.25, -0.2) is 8.42 Å². The van der Waals surface area contributed by atoms with Gasteiger partial charge in [0.15, 0.2) is 0 Å². The first-order valence-corrected chi connectivity index (χ1v) is 13.4. The van der Waals surface area contributed by atoms with Crippen molar-refractivity contribution in [1.82, 2.24) is 14.1 Å². The smallest absolute Gasteiger partial charge is 0.243 e. The molecule has 1 unspecified atom stereocenters. The Morgan fingerprint density at radius 1 is 0.938 bits per heavy atom. The zero-order valence-corrected chi connectivity index (χ0v) is 19.5. The third-order valence-corrected chi connectivity index (χ3v) is 9.39. The number of sulfonamides is 1. The van der Waals surface area contributed by atoms with E-state index in [0.29, 0.717) is 43.7 Å². The monoisotopic (exact) mass is 469 g/mol. The van der Waals surface area contributed by atoms with Gasteiger partial charge in [0, 0.05) is 37.1 Å². The van der Waals surface area contributed by atoms with Crippen LogP contribution in [0.4, 0.5) is 0 Å². The molecule has 32 heavy (non-hydrogen) atoms. The Balaban J connectivity index is 1.22. The number of hydrogen-bond acceptors (Lipinski definition) is 5. The van der Waals surface area contributed by atoms with Crippen molar-refractivity contribution in [3.63, 3.8) is 0 Å². The van der Waals surface area contributed by atoms with Crippen molar-refractivity contribution in [2.45, 2.75) is 23.8 Å². The van der Waals surface area contributed by atoms with E-state index < -0.39 is 10.0 Å². The van der Waals surface area contributed by atoms with E-state index in [-0.39, 0.29) is 5.91 Å². The predicted octanol–water partition coefficient (Wildman–Crippen LogP) is 3.57. The van der Waals surface area contributed by atoms with E-state index in [9.17, 15) is 13.2 Å². The van der Waals surface area contributed by atoms with Crippen molar-refractivity contribution in [2.24, 2.45) is 0 Å². The van der Waals surface area contributed by atoms with E-state index >= 15 is 0 Å². The number of likely N-dealkylation sites (tertiary alicyclic amines) is 1. The summed E-state index contributed by atoms with van der Waals surface area (Å²) in [6, 6.07) is 17.5. The minimum absolute atomic E-state index is 0.0937. The number of piperazine rings is 1. The SMILES string of the molecule is O=C(CN1CCCC1c1cccs1)N1CCN(S(=O)(=O)c2ccc3ccccc3c2)CC1. The summed E-state index contributed by atoms with van der Waals surface area (Å²) in [4.78, 5) is 18.7. The normalized spacial score (nSPS) is 20.8. The summed E-state index contributed by atoms with van der Waals surface area (Å²) >= 11 is 1.75. The van der Waals surface area contributed by atoms with E-state index in [4.69, 9.17) is 0 Å². The minimum Gasteiger partial charge on any atom is -0.339 e. The molecule has 8 heteroatoms. The number of benzene rings is 2. The summed E-state index contributed by atoms with van der Waals surface area (Å²) in [5.74, 6) is 0.0937. The molecule has 1 aromatic heterocycles. The number of thiophene rings is 1. The fourth-order valence-corrected chi connectivity index (χ4v) is 7.10. The number of nitrogens with zero attached hydrogens (tertiary/aromatic N) is 3. The van der Waals surface area contributed by atoms with Crippen molar-refractivity contribution in [3.8, 4) is 0 Å². The second kappa shape index (κ2) is 8.94. The van der Waals surface area contributed by atoms with Crippen molar-refractivity contribution in [2.75, 3.05) is 39.3 Å². The Hall–Kier alpha value is -2.26. The van der Waals surface area contributed by atoms with Gasteiger partial charge in [0.1, 0.15) is 0 Å². The molecule has 2 aliphatic rings. The molecule has 3 heterocycles. The van der Waals surface area contributed by atoms with Gasteiger partial charge in [-0.05, 0) is 53.7 Å². The lowest BCUT2D eigenvalue weighted by Crippen LogP contribution is -2.52. The van der Waals surface area contributed by atoms with Gasteiger partial charge in [0.25, 0.3) is 0 Å². The van der Waals surface area contributed by atoms with Gasteiger partial charge in [-0.3, -0.25) is 9.69 Å². The maximum atomic E-state index is 13.2. The third kappa shape index (κ3) is 4.20. The van der Waals surface area contributed by atoms with Crippen LogP contribution in [0.25, 0.3) is 10.8 Å². The molecule has 3 aromatic rings. The van der Waals surface area contributed by atoms with Crippen LogP contribution in [0, 0.1) is 0 Å². The Bertz CT molecular complexity index is 1200. The second-order valence-corrected chi connectivity index (χ2v) is 11.4. The van der Waals surface area contributed by atoms with Crippen LogP contribution in [0.3, 0.4) is 0 Å². The molecule has 2 aliphatic heterocycles. The van der Waals surface area contributed by atoms with Gasteiger partial charge in [-0.15, -0.1) is 11.3 Å². The molecular formula is C24H27N3O3S2. The maximum Gasteiger partial charge on any atom is 0.243 e. The van der Waals surface area contributed by atoms with Gasteiger partial charge in [-0.2, -0.15) is 4.31 Å². The average molecular weight is 470 g/mol. The molecule has 168 valence electrons. The first-order valence-electron chi connectivity index (χ1n) is 11.1. The number of rotatable bonds is 5. The lowest BCUT2D eigenvalue weighted by atomic mass is 10.1. The van der Waals surface area contributed by atoms with Crippen LogP contribution in [0.1, 0.15) is 23.8 Å². The summed E-state index contributed by atoms with van der Waals surface area (Å²) < 4.78 is 27.9. The summed E-state index contributed by atoms with van der Waals surface area (Å²) in [5, 5.41) is 4.01. The molecule has 0 bridgehead atoms. The molecule has 1 atom stereocenters. The molecule has 0 spiro atoms. The molecule has 5 rings (SSSR count). The summed E-state index contributed by atoms with van der Waals surface area (Å²) in [7, 11) is -3.58. The van der Waals surface area contributed by atoms with Crippen LogP contribution in [-0.4, -0.2) is 67.7 Å². The molecule has 2 aromatic carbocycles. The molecule has 6 nitrogen and oxygen atoms in total. The van der Waals surface area contributed by atoms with Crippen LogP contribution in [0.2, 0.25) is 0 Å². The molecular weight excluding hydrogens is 442 g/mol. The molecule has 2 saturated heterocycles. The minimum atomic E-state index is -3.58.